The SMILES string of the molecule is CCOC(=O)[C@H](C)n1c2ccccc2c2nc(=O)cc(C)n21. The topological polar surface area (TPSA) is 65.6 Å². The van der Waals surface area contributed by atoms with E-state index in [1.54, 1.807) is 18.4 Å². The lowest BCUT2D eigenvalue weighted by molar-refractivity contribution is -0.146. The van der Waals surface area contributed by atoms with Crippen molar-refractivity contribution in [3.63, 3.8) is 0 Å². The molecule has 6 nitrogen and oxygen atoms in total. The Labute approximate surface area is 126 Å². The van der Waals surface area contributed by atoms with Crippen LogP contribution in [-0.2, 0) is 9.53 Å². The molecule has 3 aromatic rings. The number of carbonyl (C=O) groups is 1. The predicted octanol–water partition coefficient (Wildman–Crippen LogP) is 2.08. The van der Waals surface area contributed by atoms with Crippen molar-refractivity contribution >= 4 is 22.5 Å². The number of aryl methyl sites for hydroxylation is 1. The fourth-order valence-corrected chi connectivity index (χ4v) is 2.75. The van der Waals surface area contributed by atoms with Crippen LogP contribution in [-0.4, -0.2) is 26.8 Å². The second kappa shape index (κ2) is 5.29. The van der Waals surface area contributed by atoms with Gasteiger partial charge in [-0.25, -0.2) is 9.31 Å². The van der Waals surface area contributed by atoms with Gasteiger partial charge in [0.2, 0.25) is 0 Å². The van der Waals surface area contributed by atoms with E-state index in [2.05, 4.69) is 4.98 Å². The second-order valence-corrected chi connectivity index (χ2v) is 5.16. The number of fused-ring (bicyclic) bond motifs is 3. The molecule has 0 saturated carbocycles. The van der Waals surface area contributed by atoms with Gasteiger partial charge in [-0.15, -0.1) is 0 Å². The number of esters is 1. The van der Waals surface area contributed by atoms with Gasteiger partial charge < -0.3 is 4.74 Å². The Bertz CT molecular complexity index is 923. The number of aromatic nitrogens is 3. The molecule has 0 saturated heterocycles. The summed E-state index contributed by atoms with van der Waals surface area (Å²) in [5, 5.41) is 0.833. The lowest BCUT2D eigenvalue weighted by atomic mass is 10.2. The van der Waals surface area contributed by atoms with E-state index in [4.69, 9.17) is 4.74 Å². The second-order valence-electron chi connectivity index (χ2n) is 5.16. The van der Waals surface area contributed by atoms with Gasteiger partial charge >= 0.3 is 5.97 Å². The van der Waals surface area contributed by atoms with Gasteiger partial charge in [-0.05, 0) is 32.9 Å². The molecule has 2 heterocycles. The van der Waals surface area contributed by atoms with Gasteiger partial charge in [0.05, 0.1) is 12.1 Å². The van der Waals surface area contributed by atoms with Crippen LogP contribution in [0, 0.1) is 6.92 Å². The largest absolute Gasteiger partial charge is 0.464 e. The number of benzene rings is 1. The minimum Gasteiger partial charge on any atom is -0.464 e. The summed E-state index contributed by atoms with van der Waals surface area (Å²) < 4.78 is 8.76. The average Bonchev–Trinajstić information content (AvgIpc) is 2.82. The molecule has 1 atom stereocenters. The highest BCUT2D eigenvalue weighted by Gasteiger charge is 2.22. The van der Waals surface area contributed by atoms with E-state index in [0.29, 0.717) is 12.3 Å². The molecule has 2 aromatic heterocycles. The number of hydrogen-bond acceptors (Lipinski definition) is 4. The zero-order valence-electron chi connectivity index (χ0n) is 12.7. The Morgan fingerprint density at radius 3 is 2.82 bits per heavy atom. The first-order valence-electron chi connectivity index (χ1n) is 7.21. The predicted molar refractivity (Wildman–Crippen MR) is 83.0 cm³/mol. The Balaban J connectivity index is 2.40. The molecule has 0 aliphatic rings. The van der Waals surface area contributed by atoms with E-state index in [0.717, 1.165) is 16.6 Å². The summed E-state index contributed by atoms with van der Waals surface area (Å²) in [5.41, 5.74) is 1.83. The van der Waals surface area contributed by atoms with Crippen molar-refractivity contribution in [2.75, 3.05) is 6.61 Å². The van der Waals surface area contributed by atoms with Gasteiger partial charge in [0.1, 0.15) is 6.04 Å². The van der Waals surface area contributed by atoms with Crippen LogP contribution in [0.4, 0.5) is 0 Å². The molecule has 0 amide bonds. The standard InChI is InChI=1S/C16H17N3O3/c1-4-22-16(21)11(3)19-13-8-6-5-7-12(13)15-17-14(20)9-10(2)18(15)19/h5-9,11H,4H2,1-3H3/t11-/m0/s1. The van der Waals surface area contributed by atoms with Gasteiger partial charge in [0.15, 0.2) is 5.65 Å². The number of para-hydroxylation sites is 1. The van der Waals surface area contributed by atoms with Crippen molar-refractivity contribution in [2.24, 2.45) is 0 Å². The summed E-state index contributed by atoms with van der Waals surface area (Å²) in [6.45, 7) is 5.71. The first kappa shape index (κ1) is 14.3. The lowest BCUT2D eigenvalue weighted by Crippen LogP contribution is -2.24. The minimum absolute atomic E-state index is 0.288. The highest BCUT2D eigenvalue weighted by atomic mass is 16.5. The van der Waals surface area contributed by atoms with E-state index in [1.165, 1.54) is 6.07 Å². The van der Waals surface area contributed by atoms with Crippen LogP contribution in [0.2, 0.25) is 0 Å². The molecular formula is C16H17N3O3. The Morgan fingerprint density at radius 2 is 2.09 bits per heavy atom. The molecule has 0 spiro atoms. The van der Waals surface area contributed by atoms with Crippen molar-refractivity contribution in [3.05, 3.63) is 46.4 Å². The summed E-state index contributed by atoms with van der Waals surface area (Å²) in [7, 11) is 0. The Morgan fingerprint density at radius 1 is 1.36 bits per heavy atom. The van der Waals surface area contributed by atoms with Crippen LogP contribution < -0.4 is 5.56 Å². The molecule has 0 N–H and O–H groups in total. The summed E-state index contributed by atoms with van der Waals surface area (Å²) in [5.74, 6) is -0.316. The Hall–Kier alpha value is -2.63. The van der Waals surface area contributed by atoms with Crippen LogP contribution in [0.1, 0.15) is 25.6 Å². The maximum Gasteiger partial charge on any atom is 0.330 e. The fraction of sp³-hybridized carbons (Fsp3) is 0.312. The Kier molecular flexibility index (Phi) is 3.44. The molecule has 0 bridgehead atoms. The lowest BCUT2D eigenvalue weighted by Gasteiger charge is -2.16. The van der Waals surface area contributed by atoms with Crippen molar-refractivity contribution < 1.29 is 9.53 Å². The molecule has 0 aliphatic heterocycles. The normalized spacial score (nSPS) is 12.7. The highest BCUT2D eigenvalue weighted by molar-refractivity contribution is 5.93. The zero-order valence-corrected chi connectivity index (χ0v) is 12.7. The number of hydrogen-bond donors (Lipinski definition) is 0. The van der Waals surface area contributed by atoms with Gasteiger partial charge in [-0.3, -0.25) is 9.48 Å². The third kappa shape index (κ3) is 2.07. The van der Waals surface area contributed by atoms with Gasteiger partial charge in [-0.2, -0.15) is 4.98 Å². The van der Waals surface area contributed by atoms with Crippen LogP contribution >= 0.6 is 0 Å². The molecule has 0 aliphatic carbocycles. The van der Waals surface area contributed by atoms with E-state index in [-0.39, 0.29) is 11.5 Å². The van der Waals surface area contributed by atoms with Crippen molar-refractivity contribution in [1.82, 2.24) is 14.2 Å². The third-order valence-electron chi connectivity index (χ3n) is 3.68. The van der Waals surface area contributed by atoms with E-state index in [9.17, 15) is 9.59 Å². The molecule has 1 aromatic carbocycles. The van der Waals surface area contributed by atoms with E-state index < -0.39 is 6.04 Å². The van der Waals surface area contributed by atoms with Gasteiger partial charge in [0, 0.05) is 17.1 Å². The molecule has 114 valence electrons. The minimum atomic E-state index is -0.523. The molecule has 3 rings (SSSR count). The van der Waals surface area contributed by atoms with Crippen LogP contribution in [0.15, 0.2) is 35.1 Å². The van der Waals surface area contributed by atoms with Crippen molar-refractivity contribution in [2.45, 2.75) is 26.8 Å². The summed E-state index contributed by atoms with van der Waals surface area (Å²) in [4.78, 5) is 28.0. The maximum atomic E-state index is 12.2. The highest BCUT2D eigenvalue weighted by Crippen LogP contribution is 2.25. The fourth-order valence-electron chi connectivity index (χ4n) is 2.75. The van der Waals surface area contributed by atoms with Crippen molar-refractivity contribution in [3.8, 4) is 0 Å². The van der Waals surface area contributed by atoms with Crippen molar-refractivity contribution in [1.29, 1.82) is 0 Å². The summed E-state index contributed by atoms with van der Waals surface area (Å²) in [6, 6.07) is 8.51. The smallest absolute Gasteiger partial charge is 0.330 e. The van der Waals surface area contributed by atoms with E-state index >= 15 is 0 Å². The average molecular weight is 299 g/mol. The van der Waals surface area contributed by atoms with Crippen LogP contribution in [0.25, 0.3) is 16.6 Å². The van der Waals surface area contributed by atoms with Gasteiger partial charge in [0.25, 0.3) is 5.56 Å². The molecule has 0 fully saturated rings. The molecule has 0 radical (unpaired) electrons. The van der Waals surface area contributed by atoms with Crippen LogP contribution in [0.3, 0.4) is 0 Å². The number of ether oxygens (including phenoxy) is 1. The number of rotatable bonds is 3. The summed E-state index contributed by atoms with van der Waals surface area (Å²) >= 11 is 0. The number of nitrogens with zero attached hydrogens (tertiary/aromatic N) is 3. The monoisotopic (exact) mass is 299 g/mol. The molecule has 0 unspecified atom stereocenters. The number of carbonyl (C=O) groups excluding carboxylic acids is 1. The van der Waals surface area contributed by atoms with E-state index in [1.807, 2.05) is 35.9 Å². The first-order chi connectivity index (χ1) is 10.5. The first-order valence-corrected chi connectivity index (χ1v) is 7.21. The summed E-state index contributed by atoms with van der Waals surface area (Å²) in [6.07, 6.45) is 0. The molecule has 22 heavy (non-hydrogen) atoms. The van der Waals surface area contributed by atoms with Crippen LogP contribution in [0.5, 0.6) is 0 Å². The zero-order chi connectivity index (χ0) is 15.9. The molecule has 6 heteroatoms. The maximum absolute atomic E-state index is 12.2. The quantitative estimate of drug-likeness (QED) is 0.695. The van der Waals surface area contributed by atoms with Gasteiger partial charge in [-0.1, -0.05) is 12.1 Å². The third-order valence-corrected chi connectivity index (χ3v) is 3.68. The molecular weight excluding hydrogens is 282 g/mol.